The molecule has 0 spiro atoms. The van der Waals surface area contributed by atoms with Crippen LogP contribution in [-0.4, -0.2) is 12.8 Å². The van der Waals surface area contributed by atoms with Gasteiger partial charge in [0.25, 0.3) is 0 Å². The van der Waals surface area contributed by atoms with Gasteiger partial charge in [-0.2, -0.15) is 0 Å². The van der Waals surface area contributed by atoms with E-state index in [0.29, 0.717) is 18.9 Å². The van der Waals surface area contributed by atoms with Gasteiger partial charge < -0.3 is 14.8 Å². The maximum absolute atomic E-state index is 5.55. The van der Waals surface area contributed by atoms with Crippen molar-refractivity contribution < 1.29 is 9.47 Å². The number of rotatable bonds is 3. The Morgan fingerprint density at radius 3 is 2.68 bits per heavy atom. The van der Waals surface area contributed by atoms with Crippen LogP contribution in [-0.2, 0) is 12.8 Å². The molecule has 0 aromatic heterocycles. The Labute approximate surface area is 131 Å². The first kappa shape index (κ1) is 13.6. The maximum Gasteiger partial charge on any atom is 0.231 e. The lowest BCUT2D eigenvalue weighted by Gasteiger charge is -2.32. The third kappa shape index (κ3) is 2.57. The molecule has 114 valence electrons. The van der Waals surface area contributed by atoms with Gasteiger partial charge in [0.15, 0.2) is 11.5 Å². The summed E-state index contributed by atoms with van der Waals surface area (Å²) in [6, 6.07) is 15.9. The molecule has 0 saturated carbocycles. The number of nitrogens with one attached hydrogen (secondary N) is 1. The smallest absolute Gasteiger partial charge is 0.231 e. The number of fused-ring (bicyclic) bond motifs is 2. The molecular formula is C19H21NO2. The molecule has 2 aliphatic heterocycles. The van der Waals surface area contributed by atoms with Crippen LogP contribution in [0.5, 0.6) is 11.5 Å². The monoisotopic (exact) mass is 295 g/mol. The van der Waals surface area contributed by atoms with Crippen LogP contribution >= 0.6 is 0 Å². The summed E-state index contributed by atoms with van der Waals surface area (Å²) in [7, 11) is 0. The molecule has 0 radical (unpaired) electrons. The van der Waals surface area contributed by atoms with Crippen LogP contribution in [0.25, 0.3) is 0 Å². The van der Waals surface area contributed by atoms with Gasteiger partial charge in [-0.1, -0.05) is 30.3 Å². The Hall–Kier alpha value is -2.00. The largest absolute Gasteiger partial charge is 0.454 e. The summed E-state index contributed by atoms with van der Waals surface area (Å²) in [5.41, 5.74) is 4.16. The third-order valence-corrected chi connectivity index (χ3v) is 4.59. The number of aryl methyl sites for hydroxylation is 1. The Morgan fingerprint density at radius 2 is 1.86 bits per heavy atom. The van der Waals surface area contributed by atoms with Crippen molar-refractivity contribution in [3.8, 4) is 11.5 Å². The summed E-state index contributed by atoms with van der Waals surface area (Å²) in [4.78, 5) is 0. The predicted octanol–water partition coefficient (Wildman–Crippen LogP) is 3.62. The van der Waals surface area contributed by atoms with Gasteiger partial charge >= 0.3 is 0 Å². The van der Waals surface area contributed by atoms with Crippen LogP contribution in [0, 0.1) is 0 Å². The van der Waals surface area contributed by atoms with E-state index in [4.69, 9.17) is 9.47 Å². The molecule has 0 bridgehead atoms. The van der Waals surface area contributed by atoms with Crippen LogP contribution in [0.1, 0.15) is 36.1 Å². The molecule has 2 unspecified atom stereocenters. The second-order valence-corrected chi connectivity index (χ2v) is 6.25. The van der Waals surface area contributed by atoms with Gasteiger partial charge in [-0.15, -0.1) is 0 Å². The van der Waals surface area contributed by atoms with Crippen molar-refractivity contribution in [1.29, 1.82) is 0 Å². The zero-order chi connectivity index (χ0) is 14.9. The molecule has 2 atom stereocenters. The molecule has 3 nitrogen and oxygen atoms in total. The van der Waals surface area contributed by atoms with Gasteiger partial charge in [0.1, 0.15) is 0 Å². The Morgan fingerprint density at radius 1 is 1.09 bits per heavy atom. The normalized spacial score (nSPS) is 22.4. The molecule has 22 heavy (non-hydrogen) atoms. The van der Waals surface area contributed by atoms with E-state index in [0.717, 1.165) is 30.8 Å². The maximum atomic E-state index is 5.55. The van der Waals surface area contributed by atoms with Crippen LogP contribution in [0.2, 0.25) is 0 Å². The van der Waals surface area contributed by atoms with E-state index in [2.05, 4.69) is 54.7 Å². The van der Waals surface area contributed by atoms with E-state index in [-0.39, 0.29) is 0 Å². The summed E-state index contributed by atoms with van der Waals surface area (Å²) >= 11 is 0. The molecule has 0 amide bonds. The second kappa shape index (κ2) is 5.65. The minimum Gasteiger partial charge on any atom is -0.454 e. The zero-order valence-electron chi connectivity index (χ0n) is 12.8. The number of ether oxygens (including phenoxy) is 2. The standard InChI is InChI=1S/C19H21NO2/c1-13-9-15-10-18-19(22-12-21-18)11-16(15)17(20-13)8-7-14-5-3-2-4-6-14/h2-6,10-11,13,17,20H,7-9,12H2,1H3. The SMILES string of the molecule is CC1Cc2cc3c(cc2C(CCc2ccccc2)N1)OCO3. The highest BCUT2D eigenvalue weighted by atomic mass is 16.7. The summed E-state index contributed by atoms with van der Waals surface area (Å²) in [6.45, 7) is 2.60. The lowest BCUT2D eigenvalue weighted by Crippen LogP contribution is -2.37. The highest BCUT2D eigenvalue weighted by Crippen LogP contribution is 2.40. The van der Waals surface area contributed by atoms with E-state index in [1.54, 1.807) is 0 Å². The Balaban J connectivity index is 1.58. The number of benzene rings is 2. The number of hydrogen-bond donors (Lipinski definition) is 1. The number of hydrogen-bond acceptors (Lipinski definition) is 3. The Kier molecular flexibility index (Phi) is 3.51. The lowest BCUT2D eigenvalue weighted by molar-refractivity contribution is 0.174. The van der Waals surface area contributed by atoms with Gasteiger partial charge in [0.05, 0.1) is 0 Å². The molecule has 2 heterocycles. The van der Waals surface area contributed by atoms with Gasteiger partial charge in [-0.25, -0.2) is 0 Å². The highest BCUT2D eigenvalue weighted by molar-refractivity contribution is 5.50. The summed E-state index contributed by atoms with van der Waals surface area (Å²) in [5.74, 6) is 1.79. The first-order valence-corrected chi connectivity index (χ1v) is 8.02. The third-order valence-electron chi connectivity index (χ3n) is 4.59. The van der Waals surface area contributed by atoms with E-state index in [1.165, 1.54) is 16.7 Å². The molecule has 0 saturated heterocycles. The van der Waals surface area contributed by atoms with Gasteiger partial charge in [-0.05, 0) is 55.0 Å². The minimum atomic E-state index is 0.343. The molecule has 1 N–H and O–H groups in total. The van der Waals surface area contributed by atoms with Crippen molar-refractivity contribution >= 4 is 0 Å². The van der Waals surface area contributed by atoms with Crippen molar-refractivity contribution in [2.45, 2.75) is 38.3 Å². The van der Waals surface area contributed by atoms with Crippen molar-refractivity contribution in [3.05, 3.63) is 59.2 Å². The molecule has 0 aliphatic carbocycles. The van der Waals surface area contributed by atoms with E-state index in [1.807, 2.05) is 0 Å². The van der Waals surface area contributed by atoms with Gasteiger partial charge in [0, 0.05) is 12.1 Å². The average molecular weight is 295 g/mol. The van der Waals surface area contributed by atoms with Crippen molar-refractivity contribution in [2.24, 2.45) is 0 Å². The fourth-order valence-corrected chi connectivity index (χ4v) is 3.52. The van der Waals surface area contributed by atoms with Crippen LogP contribution in [0.15, 0.2) is 42.5 Å². The molecule has 0 fully saturated rings. The predicted molar refractivity (Wildman–Crippen MR) is 86.4 cm³/mol. The molecule has 3 heteroatoms. The molecule has 4 rings (SSSR count). The topological polar surface area (TPSA) is 30.5 Å². The average Bonchev–Trinajstić information content (AvgIpc) is 2.99. The van der Waals surface area contributed by atoms with Crippen LogP contribution < -0.4 is 14.8 Å². The molecule has 2 aromatic carbocycles. The van der Waals surface area contributed by atoms with Gasteiger partial charge in [-0.3, -0.25) is 0 Å². The molecule has 2 aromatic rings. The zero-order valence-corrected chi connectivity index (χ0v) is 12.8. The van der Waals surface area contributed by atoms with Crippen molar-refractivity contribution in [3.63, 3.8) is 0 Å². The molecular weight excluding hydrogens is 274 g/mol. The van der Waals surface area contributed by atoms with Crippen molar-refractivity contribution in [1.82, 2.24) is 5.32 Å². The van der Waals surface area contributed by atoms with E-state index >= 15 is 0 Å². The molecule has 2 aliphatic rings. The van der Waals surface area contributed by atoms with Crippen molar-refractivity contribution in [2.75, 3.05) is 6.79 Å². The highest BCUT2D eigenvalue weighted by Gasteiger charge is 2.27. The fourth-order valence-electron chi connectivity index (χ4n) is 3.52. The lowest BCUT2D eigenvalue weighted by atomic mass is 9.87. The quantitative estimate of drug-likeness (QED) is 0.938. The summed E-state index contributed by atoms with van der Waals surface area (Å²) in [5, 5.41) is 3.74. The van der Waals surface area contributed by atoms with E-state index < -0.39 is 0 Å². The van der Waals surface area contributed by atoms with Crippen LogP contribution in [0.4, 0.5) is 0 Å². The van der Waals surface area contributed by atoms with Crippen LogP contribution in [0.3, 0.4) is 0 Å². The first-order valence-electron chi connectivity index (χ1n) is 8.02. The fraction of sp³-hybridized carbons (Fsp3) is 0.368. The summed E-state index contributed by atoms with van der Waals surface area (Å²) < 4.78 is 11.1. The second-order valence-electron chi connectivity index (χ2n) is 6.25. The first-order chi connectivity index (χ1) is 10.8. The Bertz CT molecular complexity index is 669. The minimum absolute atomic E-state index is 0.343. The van der Waals surface area contributed by atoms with E-state index in [9.17, 15) is 0 Å². The van der Waals surface area contributed by atoms with Gasteiger partial charge in [0.2, 0.25) is 6.79 Å². The summed E-state index contributed by atoms with van der Waals surface area (Å²) in [6.07, 6.45) is 3.23.